The summed E-state index contributed by atoms with van der Waals surface area (Å²) in [6, 6.07) is 7.45. The van der Waals surface area contributed by atoms with Gasteiger partial charge in [0.1, 0.15) is 19.3 Å². The molecule has 1 amide bonds. The van der Waals surface area contributed by atoms with Gasteiger partial charge in [0.15, 0.2) is 11.5 Å². The van der Waals surface area contributed by atoms with E-state index in [2.05, 4.69) is 10.4 Å². The Morgan fingerprint density at radius 3 is 2.79 bits per heavy atom. The van der Waals surface area contributed by atoms with Gasteiger partial charge in [-0.25, -0.2) is 0 Å². The molecule has 4 rings (SSSR count). The highest BCUT2D eigenvalue weighted by Crippen LogP contribution is 2.43. The molecule has 6 heteroatoms. The van der Waals surface area contributed by atoms with Crippen LogP contribution in [-0.2, 0) is 4.79 Å². The third-order valence-electron chi connectivity index (χ3n) is 4.62. The average molecular weight is 327 g/mol. The number of hydrogen-bond donors (Lipinski definition) is 1. The number of fused-ring (bicyclic) bond motifs is 1. The molecule has 1 N–H and O–H groups in total. The SMILES string of the molecule is CC(C(=O)NC(c1ccc2c(c1)OCCO2)C1CC1)n1cccn1. The molecule has 0 radical (unpaired) electrons. The van der Waals surface area contributed by atoms with E-state index in [0.29, 0.717) is 19.1 Å². The van der Waals surface area contributed by atoms with Crippen LogP contribution in [0.5, 0.6) is 11.5 Å². The van der Waals surface area contributed by atoms with E-state index in [1.54, 1.807) is 17.1 Å². The summed E-state index contributed by atoms with van der Waals surface area (Å²) in [5, 5.41) is 7.35. The van der Waals surface area contributed by atoms with Crippen LogP contribution in [0.15, 0.2) is 36.7 Å². The summed E-state index contributed by atoms with van der Waals surface area (Å²) in [7, 11) is 0. The number of rotatable bonds is 5. The Morgan fingerprint density at radius 1 is 1.29 bits per heavy atom. The average Bonchev–Trinajstić information content (AvgIpc) is 3.31. The van der Waals surface area contributed by atoms with Gasteiger partial charge in [0, 0.05) is 12.4 Å². The summed E-state index contributed by atoms with van der Waals surface area (Å²) in [6.07, 6.45) is 5.76. The number of hydrogen-bond acceptors (Lipinski definition) is 4. The highest BCUT2D eigenvalue weighted by Gasteiger charge is 2.35. The van der Waals surface area contributed by atoms with E-state index in [1.165, 1.54) is 0 Å². The third kappa shape index (κ3) is 2.96. The highest BCUT2D eigenvalue weighted by atomic mass is 16.6. The van der Waals surface area contributed by atoms with Crippen molar-refractivity contribution in [1.82, 2.24) is 15.1 Å². The molecule has 0 saturated heterocycles. The first-order chi connectivity index (χ1) is 11.7. The molecule has 1 fully saturated rings. The number of carbonyl (C=O) groups excluding carboxylic acids is 1. The van der Waals surface area contributed by atoms with Crippen molar-refractivity contribution in [2.45, 2.75) is 31.8 Å². The van der Waals surface area contributed by atoms with Crippen LogP contribution < -0.4 is 14.8 Å². The quantitative estimate of drug-likeness (QED) is 0.916. The second-order valence-electron chi connectivity index (χ2n) is 6.39. The van der Waals surface area contributed by atoms with Crippen molar-refractivity contribution in [2.24, 2.45) is 5.92 Å². The van der Waals surface area contributed by atoms with Gasteiger partial charge in [0.05, 0.1) is 6.04 Å². The predicted octanol–water partition coefficient (Wildman–Crippen LogP) is 2.48. The van der Waals surface area contributed by atoms with Crippen LogP contribution in [0.4, 0.5) is 0 Å². The zero-order chi connectivity index (χ0) is 16.5. The van der Waals surface area contributed by atoms with Gasteiger partial charge in [-0.15, -0.1) is 0 Å². The molecule has 126 valence electrons. The topological polar surface area (TPSA) is 65.4 Å². The van der Waals surface area contributed by atoms with Crippen molar-refractivity contribution in [3.05, 3.63) is 42.2 Å². The maximum atomic E-state index is 12.6. The summed E-state index contributed by atoms with van der Waals surface area (Å²) in [6.45, 7) is 3.00. The molecule has 24 heavy (non-hydrogen) atoms. The maximum absolute atomic E-state index is 12.6. The molecule has 1 saturated carbocycles. The Labute approximate surface area is 140 Å². The normalized spacial score (nSPS) is 18.7. The fourth-order valence-electron chi connectivity index (χ4n) is 3.06. The first-order valence-corrected chi connectivity index (χ1v) is 8.41. The molecule has 1 aromatic carbocycles. The standard InChI is InChI=1S/C18H21N3O3/c1-12(21-8-2-7-19-21)18(22)20-17(13-3-4-13)14-5-6-15-16(11-14)24-10-9-23-15/h2,5-8,11-13,17H,3-4,9-10H2,1H3,(H,20,22). The molecule has 1 aromatic heterocycles. The van der Waals surface area contributed by atoms with Gasteiger partial charge in [0.25, 0.3) is 0 Å². The second-order valence-corrected chi connectivity index (χ2v) is 6.39. The van der Waals surface area contributed by atoms with Crippen LogP contribution in [0.3, 0.4) is 0 Å². The molecule has 2 unspecified atom stereocenters. The Hall–Kier alpha value is -2.50. The Balaban J connectivity index is 1.53. The Bertz CT molecular complexity index is 725. The number of aromatic nitrogens is 2. The number of nitrogens with one attached hydrogen (secondary N) is 1. The minimum Gasteiger partial charge on any atom is -0.486 e. The number of ether oxygens (including phenoxy) is 2. The van der Waals surface area contributed by atoms with Gasteiger partial charge >= 0.3 is 0 Å². The number of benzene rings is 1. The molecule has 6 nitrogen and oxygen atoms in total. The lowest BCUT2D eigenvalue weighted by Gasteiger charge is -2.24. The van der Waals surface area contributed by atoms with E-state index >= 15 is 0 Å². The third-order valence-corrected chi connectivity index (χ3v) is 4.62. The van der Waals surface area contributed by atoms with Crippen LogP contribution in [0.25, 0.3) is 0 Å². The van der Waals surface area contributed by atoms with Gasteiger partial charge in [0.2, 0.25) is 5.91 Å². The summed E-state index contributed by atoms with van der Waals surface area (Å²) in [5.74, 6) is 2.00. The van der Waals surface area contributed by atoms with Crippen LogP contribution in [0.2, 0.25) is 0 Å². The minimum atomic E-state index is -0.335. The van der Waals surface area contributed by atoms with Crippen molar-refractivity contribution < 1.29 is 14.3 Å². The van der Waals surface area contributed by atoms with E-state index in [-0.39, 0.29) is 18.0 Å². The molecule has 1 aliphatic heterocycles. The van der Waals surface area contributed by atoms with Gasteiger partial charge in [-0.3, -0.25) is 9.48 Å². The van der Waals surface area contributed by atoms with Gasteiger partial charge in [-0.1, -0.05) is 6.07 Å². The predicted molar refractivity (Wildman–Crippen MR) is 88.0 cm³/mol. The first-order valence-electron chi connectivity index (χ1n) is 8.41. The Kier molecular flexibility index (Phi) is 3.88. The number of carbonyl (C=O) groups is 1. The summed E-state index contributed by atoms with van der Waals surface area (Å²) in [4.78, 5) is 12.6. The number of nitrogens with zero attached hydrogens (tertiary/aromatic N) is 2. The zero-order valence-corrected chi connectivity index (χ0v) is 13.6. The number of amides is 1. The van der Waals surface area contributed by atoms with Crippen molar-refractivity contribution >= 4 is 5.91 Å². The van der Waals surface area contributed by atoms with Gasteiger partial charge in [-0.05, 0) is 49.4 Å². The van der Waals surface area contributed by atoms with Crippen molar-refractivity contribution in [3.63, 3.8) is 0 Å². The van der Waals surface area contributed by atoms with E-state index in [0.717, 1.165) is 29.9 Å². The van der Waals surface area contributed by atoms with E-state index in [4.69, 9.17) is 9.47 Å². The van der Waals surface area contributed by atoms with E-state index < -0.39 is 0 Å². The van der Waals surface area contributed by atoms with Crippen LogP contribution in [0.1, 0.15) is 37.4 Å². The van der Waals surface area contributed by atoms with Crippen LogP contribution in [0, 0.1) is 5.92 Å². The fraction of sp³-hybridized carbons (Fsp3) is 0.444. The molecule has 0 bridgehead atoms. The summed E-state index contributed by atoms with van der Waals surface area (Å²) in [5.41, 5.74) is 1.07. The first kappa shape index (κ1) is 15.1. The molecule has 2 heterocycles. The molecule has 2 atom stereocenters. The van der Waals surface area contributed by atoms with E-state index in [1.807, 2.05) is 31.2 Å². The summed E-state index contributed by atoms with van der Waals surface area (Å²) < 4.78 is 12.9. The largest absolute Gasteiger partial charge is 0.486 e. The van der Waals surface area contributed by atoms with Crippen molar-refractivity contribution in [1.29, 1.82) is 0 Å². The highest BCUT2D eigenvalue weighted by molar-refractivity contribution is 5.80. The maximum Gasteiger partial charge on any atom is 0.245 e. The molecular weight excluding hydrogens is 306 g/mol. The molecule has 2 aromatic rings. The Morgan fingerprint density at radius 2 is 2.08 bits per heavy atom. The smallest absolute Gasteiger partial charge is 0.245 e. The molecular formula is C18H21N3O3. The lowest BCUT2D eigenvalue weighted by atomic mass is 10.0. The fourth-order valence-corrected chi connectivity index (χ4v) is 3.06. The zero-order valence-electron chi connectivity index (χ0n) is 13.6. The molecule has 1 aliphatic carbocycles. The molecule has 2 aliphatic rings. The van der Waals surface area contributed by atoms with Crippen molar-refractivity contribution in [2.75, 3.05) is 13.2 Å². The van der Waals surface area contributed by atoms with E-state index in [9.17, 15) is 4.79 Å². The second kappa shape index (κ2) is 6.19. The minimum absolute atomic E-state index is 0.00587. The lowest BCUT2D eigenvalue weighted by molar-refractivity contribution is -0.125. The lowest BCUT2D eigenvalue weighted by Crippen LogP contribution is -2.35. The monoisotopic (exact) mass is 327 g/mol. The summed E-state index contributed by atoms with van der Waals surface area (Å²) >= 11 is 0. The van der Waals surface area contributed by atoms with Crippen LogP contribution in [-0.4, -0.2) is 28.9 Å². The van der Waals surface area contributed by atoms with Gasteiger partial charge < -0.3 is 14.8 Å². The van der Waals surface area contributed by atoms with Gasteiger partial charge in [-0.2, -0.15) is 5.10 Å². The van der Waals surface area contributed by atoms with Crippen molar-refractivity contribution in [3.8, 4) is 11.5 Å². The molecule has 0 spiro atoms. The van der Waals surface area contributed by atoms with Crippen LogP contribution >= 0.6 is 0 Å².